The largest absolute Gasteiger partial charge is 0.383 e. The fraction of sp³-hybridized carbons (Fsp3) is 0.650. The zero-order valence-electron chi connectivity index (χ0n) is 16.5. The number of fused-ring (bicyclic) bond motifs is 2. The lowest BCUT2D eigenvalue weighted by molar-refractivity contribution is 0.0826. The second-order valence-electron chi connectivity index (χ2n) is 8.55. The SMILES string of the molecule is COCCNS(=O)(=O)c1ccc(C(=O)NC2CC3CCC2(C)C3(C)C)cc1. The summed E-state index contributed by atoms with van der Waals surface area (Å²) in [5.74, 6) is 0.513. The summed E-state index contributed by atoms with van der Waals surface area (Å²) in [4.78, 5) is 12.9. The molecule has 0 heterocycles. The van der Waals surface area contributed by atoms with Crippen LogP contribution in [0.15, 0.2) is 29.2 Å². The fourth-order valence-corrected chi connectivity index (χ4v) is 5.82. The number of nitrogens with one attached hydrogen (secondary N) is 2. The summed E-state index contributed by atoms with van der Waals surface area (Å²) in [6.45, 7) is 7.42. The maximum atomic E-state index is 12.7. The number of rotatable bonds is 7. The molecule has 2 aliphatic rings. The third kappa shape index (κ3) is 3.52. The molecule has 1 aromatic carbocycles. The second-order valence-corrected chi connectivity index (χ2v) is 10.3. The van der Waals surface area contributed by atoms with E-state index in [9.17, 15) is 13.2 Å². The van der Waals surface area contributed by atoms with Crippen molar-refractivity contribution in [3.63, 3.8) is 0 Å². The molecule has 6 nitrogen and oxygen atoms in total. The Morgan fingerprint density at radius 1 is 1.22 bits per heavy atom. The Balaban J connectivity index is 1.67. The van der Waals surface area contributed by atoms with Crippen molar-refractivity contribution in [2.24, 2.45) is 16.7 Å². The van der Waals surface area contributed by atoms with E-state index in [-0.39, 0.29) is 34.2 Å². The van der Waals surface area contributed by atoms with Gasteiger partial charge < -0.3 is 10.1 Å². The first-order valence-corrected chi connectivity index (χ1v) is 11.0. The van der Waals surface area contributed by atoms with Gasteiger partial charge in [-0.2, -0.15) is 0 Å². The van der Waals surface area contributed by atoms with E-state index in [2.05, 4.69) is 30.8 Å². The van der Waals surface area contributed by atoms with Gasteiger partial charge in [0.25, 0.3) is 5.91 Å². The van der Waals surface area contributed by atoms with Gasteiger partial charge in [0.1, 0.15) is 0 Å². The summed E-state index contributed by atoms with van der Waals surface area (Å²) < 4.78 is 31.7. The zero-order chi connectivity index (χ0) is 19.9. The highest BCUT2D eigenvalue weighted by molar-refractivity contribution is 7.89. The number of carbonyl (C=O) groups is 1. The van der Waals surface area contributed by atoms with Crippen LogP contribution in [0.2, 0.25) is 0 Å². The van der Waals surface area contributed by atoms with Gasteiger partial charge in [0, 0.05) is 25.3 Å². The van der Waals surface area contributed by atoms with Crippen LogP contribution in [0.4, 0.5) is 0 Å². The number of sulfonamides is 1. The maximum absolute atomic E-state index is 12.7. The molecular weight excluding hydrogens is 364 g/mol. The smallest absolute Gasteiger partial charge is 0.251 e. The predicted molar refractivity (Wildman–Crippen MR) is 104 cm³/mol. The van der Waals surface area contributed by atoms with Crippen LogP contribution in [0, 0.1) is 16.7 Å². The molecule has 0 radical (unpaired) electrons. The molecule has 150 valence electrons. The van der Waals surface area contributed by atoms with Crippen molar-refractivity contribution in [3.8, 4) is 0 Å². The summed E-state index contributed by atoms with van der Waals surface area (Å²) >= 11 is 0. The molecule has 3 unspecified atom stereocenters. The summed E-state index contributed by atoms with van der Waals surface area (Å²) in [6, 6.07) is 6.24. The number of methoxy groups -OCH3 is 1. The quantitative estimate of drug-likeness (QED) is 0.696. The van der Waals surface area contributed by atoms with Gasteiger partial charge in [-0.3, -0.25) is 4.79 Å². The minimum Gasteiger partial charge on any atom is -0.383 e. The molecule has 1 amide bonds. The zero-order valence-corrected chi connectivity index (χ0v) is 17.4. The first-order valence-electron chi connectivity index (χ1n) is 9.51. The van der Waals surface area contributed by atoms with Crippen LogP contribution in [-0.2, 0) is 14.8 Å². The van der Waals surface area contributed by atoms with E-state index < -0.39 is 10.0 Å². The van der Waals surface area contributed by atoms with Crippen LogP contribution in [0.1, 0.15) is 50.4 Å². The molecule has 0 saturated heterocycles. The summed E-state index contributed by atoms with van der Waals surface area (Å²) in [7, 11) is -2.08. The third-order valence-corrected chi connectivity index (χ3v) is 8.60. The van der Waals surface area contributed by atoms with Crippen LogP contribution in [0.5, 0.6) is 0 Å². The first-order chi connectivity index (χ1) is 12.6. The lowest BCUT2D eigenvalue weighted by atomic mass is 9.69. The normalized spacial score (nSPS) is 29.0. The average Bonchev–Trinajstić information content (AvgIpc) is 2.95. The number of carbonyl (C=O) groups excluding carboxylic acids is 1. The van der Waals surface area contributed by atoms with Crippen molar-refractivity contribution >= 4 is 15.9 Å². The molecule has 0 spiro atoms. The molecule has 1 aromatic rings. The molecule has 3 rings (SSSR count). The summed E-state index contributed by atoms with van der Waals surface area (Å²) in [6.07, 6.45) is 3.39. The van der Waals surface area contributed by atoms with E-state index in [1.807, 2.05) is 0 Å². The van der Waals surface area contributed by atoms with Crippen molar-refractivity contribution in [2.75, 3.05) is 20.3 Å². The fourth-order valence-electron chi connectivity index (χ4n) is 4.81. The minimum atomic E-state index is -3.59. The summed E-state index contributed by atoms with van der Waals surface area (Å²) in [5, 5.41) is 3.20. The maximum Gasteiger partial charge on any atom is 0.251 e. The molecule has 27 heavy (non-hydrogen) atoms. The Kier molecular flexibility index (Phi) is 5.40. The van der Waals surface area contributed by atoms with Gasteiger partial charge in [-0.05, 0) is 60.3 Å². The van der Waals surface area contributed by atoms with Gasteiger partial charge in [-0.25, -0.2) is 13.1 Å². The number of hydrogen-bond acceptors (Lipinski definition) is 4. The number of hydrogen-bond donors (Lipinski definition) is 2. The van der Waals surface area contributed by atoms with Crippen LogP contribution in [0.3, 0.4) is 0 Å². The molecular formula is C20H30N2O4S. The lowest BCUT2D eigenvalue weighted by Crippen LogP contribution is -2.46. The highest BCUT2D eigenvalue weighted by Gasteiger charge is 2.61. The Labute approximate surface area is 162 Å². The van der Waals surface area contributed by atoms with E-state index in [0.717, 1.165) is 12.8 Å². The molecule has 0 aromatic heterocycles. The van der Waals surface area contributed by atoms with Crippen molar-refractivity contribution in [1.82, 2.24) is 10.0 Å². The Morgan fingerprint density at radius 2 is 1.89 bits per heavy atom. The topological polar surface area (TPSA) is 84.5 Å². The van der Waals surface area contributed by atoms with E-state index in [1.54, 1.807) is 12.1 Å². The van der Waals surface area contributed by atoms with Crippen LogP contribution >= 0.6 is 0 Å². The molecule has 7 heteroatoms. The van der Waals surface area contributed by atoms with Crippen molar-refractivity contribution in [1.29, 1.82) is 0 Å². The predicted octanol–water partition coefficient (Wildman–Crippen LogP) is 2.56. The summed E-state index contributed by atoms with van der Waals surface area (Å²) in [5.41, 5.74) is 0.827. The second kappa shape index (κ2) is 7.18. The highest BCUT2D eigenvalue weighted by Crippen LogP contribution is 2.65. The molecule has 2 fully saturated rings. The van der Waals surface area contributed by atoms with Gasteiger partial charge in [-0.15, -0.1) is 0 Å². The molecule has 2 aliphatic carbocycles. The number of benzene rings is 1. The monoisotopic (exact) mass is 394 g/mol. The Bertz CT molecular complexity index is 804. The van der Waals surface area contributed by atoms with Gasteiger partial charge in [0.05, 0.1) is 11.5 Å². The van der Waals surface area contributed by atoms with Gasteiger partial charge in [-0.1, -0.05) is 20.8 Å². The Hall–Kier alpha value is -1.44. The molecule has 2 bridgehead atoms. The van der Waals surface area contributed by atoms with E-state index in [1.165, 1.54) is 25.7 Å². The molecule has 2 saturated carbocycles. The van der Waals surface area contributed by atoms with Crippen LogP contribution < -0.4 is 10.0 Å². The number of amides is 1. The standard InChI is InChI=1S/C20H30N2O4S/c1-19(2)15-9-10-20(19,3)17(13-15)22-18(23)14-5-7-16(8-6-14)27(24,25)21-11-12-26-4/h5-8,15,17,21H,9-13H2,1-4H3,(H,22,23). The van der Waals surface area contributed by atoms with Gasteiger partial charge in [0.2, 0.25) is 10.0 Å². The average molecular weight is 395 g/mol. The van der Waals surface area contributed by atoms with Crippen molar-refractivity contribution < 1.29 is 17.9 Å². The third-order valence-electron chi connectivity index (χ3n) is 7.12. The van der Waals surface area contributed by atoms with E-state index >= 15 is 0 Å². The highest BCUT2D eigenvalue weighted by atomic mass is 32.2. The Morgan fingerprint density at radius 3 is 2.41 bits per heavy atom. The lowest BCUT2D eigenvalue weighted by Gasteiger charge is -2.39. The minimum absolute atomic E-state index is 0.113. The van der Waals surface area contributed by atoms with Crippen LogP contribution in [-0.4, -0.2) is 40.6 Å². The molecule has 0 aliphatic heterocycles. The molecule has 3 atom stereocenters. The van der Waals surface area contributed by atoms with Gasteiger partial charge in [0.15, 0.2) is 0 Å². The van der Waals surface area contributed by atoms with Crippen molar-refractivity contribution in [3.05, 3.63) is 29.8 Å². The van der Waals surface area contributed by atoms with E-state index in [4.69, 9.17) is 4.74 Å². The number of ether oxygens (including phenoxy) is 1. The van der Waals surface area contributed by atoms with E-state index in [0.29, 0.717) is 18.1 Å². The molecule has 2 N–H and O–H groups in total. The van der Waals surface area contributed by atoms with Gasteiger partial charge >= 0.3 is 0 Å². The van der Waals surface area contributed by atoms with Crippen LogP contribution in [0.25, 0.3) is 0 Å². The first kappa shape index (κ1) is 20.3. The van der Waals surface area contributed by atoms with Crippen molar-refractivity contribution in [2.45, 2.75) is 51.0 Å².